The first kappa shape index (κ1) is 22.0. The van der Waals surface area contributed by atoms with Crippen LogP contribution in [0.2, 0.25) is 0 Å². The minimum absolute atomic E-state index is 1.10. The van der Waals surface area contributed by atoms with Gasteiger partial charge in [0.25, 0.3) is 0 Å². The van der Waals surface area contributed by atoms with Crippen LogP contribution in [0.25, 0.3) is 42.4 Å². The number of hydrogen-bond acceptors (Lipinski definition) is 2. The van der Waals surface area contributed by atoms with Crippen molar-refractivity contribution in [1.29, 1.82) is 0 Å². The minimum Gasteiger partial charge on any atom is -0.140 e. The number of rotatable bonds is 6. The van der Waals surface area contributed by atoms with Crippen molar-refractivity contribution in [2.75, 3.05) is 0 Å². The molecule has 176 valence electrons. The Morgan fingerprint density at radius 2 is 0.889 bits per heavy atom. The van der Waals surface area contributed by atoms with E-state index < -0.39 is 0 Å². The normalized spacial score (nSPS) is 12.1. The fourth-order valence-electron chi connectivity index (χ4n) is 5.98. The van der Waals surface area contributed by atoms with Gasteiger partial charge in [0.15, 0.2) is 0 Å². The van der Waals surface area contributed by atoms with Gasteiger partial charge >= 0.3 is 0 Å². The maximum absolute atomic E-state index is 2.39. The average Bonchev–Trinajstić information content (AvgIpc) is 3.39. The molecule has 0 aliphatic heterocycles. The number of aryl methyl sites for hydroxylation is 6. The molecule has 0 saturated heterocycles. The van der Waals surface area contributed by atoms with Crippen LogP contribution < -0.4 is 0 Å². The van der Waals surface area contributed by atoms with Crippen molar-refractivity contribution >= 4 is 42.8 Å². The molecule has 1 aliphatic carbocycles. The summed E-state index contributed by atoms with van der Waals surface area (Å²) < 4.78 is 2.87. The van der Waals surface area contributed by atoms with E-state index in [9.17, 15) is 0 Å². The van der Waals surface area contributed by atoms with Gasteiger partial charge in [0, 0.05) is 29.9 Å². The van der Waals surface area contributed by atoms with Gasteiger partial charge in [-0.2, -0.15) is 0 Å². The van der Waals surface area contributed by atoms with Crippen molar-refractivity contribution in [2.45, 2.75) is 39.5 Å². The van der Waals surface area contributed by atoms with E-state index in [2.05, 4.69) is 98.8 Å². The Kier molecular flexibility index (Phi) is 5.34. The summed E-state index contributed by atoms with van der Waals surface area (Å²) in [5.41, 5.74) is 11.7. The van der Waals surface area contributed by atoms with Crippen molar-refractivity contribution in [3.8, 4) is 22.3 Å². The monoisotopic (exact) mass is 500 g/mol. The zero-order chi connectivity index (χ0) is 24.2. The first-order valence-electron chi connectivity index (χ1n) is 12.9. The van der Waals surface area contributed by atoms with Gasteiger partial charge in [-0.15, -0.1) is 22.7 Å². The third-order valence-corrected chi connectivity index (χ3v) is 10.5. The van der Waals surface area contributed by atoms with Gasteiger partial charge in [0.1, 0.15) is 0 Å². The van der Waals surface area contributed by atoms with Crippen LogP contribution in [-0.4, -0.2) is 0 Å². The predicted octanol–water partition coefficient (Wildman–Crippen LogP) is 9.95. The summed E-state index contributed by atoms with van der Waals surface area (Å²) in [5.74, 6) is 0. The lowest BCUT2D eigenvalue weighted by Crippen LogP contribution is -2.01. The van der Waals surface area contributed by atoms with Crippen LogP contribution in [0, 0.1) is 13.8 Å². The van der Waals surface area contributed by atoms with Gasteiger partial charge in [-0.3, -0.25) is 0 Å². The molecule has 0 nitrogen and oxygen atoms in total. The molecule has 0 N–H and O–H groups in total. The van der Waals surface area contributed by atoms with E-state index in [-0.39, 0.29) is 0 Å². The smallest absolute Gasteiger partial charge is 0.0355 e. The molecule has 0 atom stereocenters. The summed E-state index contributed by atoms with van der Waals surface area (Å²) in [7, 11) is 0. The molecule has 0 radical (unpaired) electrons. The standard InChI is InChI=1S/C34H28S2/c1-21-27(17-13-23-9-5-3-6-10-23)35-29-19-15-25-33(31(21)29)26-16-20-30-32(34(25)26)22(2)28(36-30)18-14-24-11-7-4-8-12-24/h3-12,15-16,19-20H,13-14,17-18H2,1-2H3. The van der Waals surface area contributed by atoms with E-state index in [0.717, 1.165) is 25.7 Å². The van der Waals surface area contributed by atoms with Crippen molar-refractivity contribution in [3.05, 3.63) is 117 Å². The SMILES string of the molecule is Cc1c(CCc2ccccc2)sc2ccc3c(c12)-c1ccc2sc(CCc4ccccc4)c(C)c2c1-3. The molecule has 0 spiro atoms. The van der Waals surface area contributed by atoms with Crippen LogP contribution in [-0.2, 0) is 25.7 Å². The lowest BCUT2D eigenvalue weighted by atomic mass is 9.76. The molecule has 2 aromatic heterocycles. The van der Waals surface area contributed by atoms with Crippen LogP contribution in [0.5, 0.6) is 0 Å². The topological polar surface area (TPSA) is 0 Å². The predicted molar refractivity (Wildman–Crippen MR) is 159 cm³/mol. The largest absolute Gasteiger partial charge is 0.140 e. The van der Waals surface area contributed by atoms with Crippen LogP contribution >= 0.6 is 22.7 Å². The Morgan fingerprint density at radius 3 is 1.31 bits per heavy atom. The Labute approximate surface area is 220 Å². The Balaban J connectivity index is 1.25. The van der Waals surface area contributed by atoms with Crippen molar-refractivity contribution in [3.63, 3.8) is 0 Å². The second-order valence-corrected chi connectivity index (χ2v) is 12.3. The van der Waals surface area contributed by atoms with E-state index in [0.29, 0.717) is 0 Å². The Hall–Kier alpha value is -3.20. The number of benzene rings is 4. The van der Waals surface area contributed by atoms with Gasteiger partial charge in [-0.05, 0) is 96.2 Å². The molecule has 0 fully saturated rings. The molecule has 2 heterocycles. The quantitative estimate of drug-likeness (QED) is 0.213. The van der Waals surface area contributed by atoms with Crippen molar-refractivity contribution in [2.24, 2.45) is 0 Å². The summed E-state index contributed by atoms with van der Waals surface area (Å²) in [6.07, 6.45) is 4.44. The molecule has 0 unspecified atom stereocenters. The number of thiophene rings is 2. The van der Waals surface area contributed by atoms with Gasteiger partial charge in [0.2, 0.25) is 0 Å². The molecule has 7 rings (SSSR count). The fraction of sp³-hybridized carbons (Fsp3) is 0.176. The molecule has 6 aromatic rings. The van der Waals surface area contributed by atoms with Gasteiger partial charge < -0.3 is 0 Å². The summed E-state index contributed by atoms with van der Waals surface area (Å²) in [6.45, 7) is 4.68. The summed E-state index contributed by atoms with van der Waals surface area (Å²) in [4.78, 5) is 3.07. The lowest BCUT2D eigenvalue weighted by molar-refractivity contribution is 0.973. The van der Waals surface area contributed by atoms with Crippen LogP contribution in [0.1, 0.15) is 32.0 Å². The highest BCUT2D eigenvalue weighted by molar-refractivity contribution is 7.19. The van der Waals surface area contributed by atoms with Crippen molar-refractivity contribution in [1.82, 2.24) is 0 Å². The molecule has 2 heteroatoms. The van der Waals surface area contributed by atoms with E-state index in [1.54, 1.807) is 0 Å². The second-order valence-electron chi connectivity index (χ2n) is 9.99. The number of fused-ring (bicyclic) bond motifs is 8. The van der Waals surface area contributed by atoms with E-state index in [1.807, 2.05) is 22.7 Å². The average molecular weight is 501 g/mol. The molecule has 4 aromatic carbocycles. The molecular formula is C34H28S2. The van der Waals surface area contributed by atoms with E-state index in [1.165, 1.54) is 74.4 Å². The maximum atomic E-state index is 2.39. The minimum atomic E-state index is 1.10. The van der Waals surface area contributed by atoms with Gasteiger partial charge in [-0.25, -0.2) is 0 Å². The molecule has 0 saturated carbocycles. The summed E-state index contributed by atoms with van der Waals surface area (Å²) >= 11 is 3.98. The Morgan fingerprint density at radius 1 is 0.472 bits per heavy atom. The molecule has 0 bridgehead atoms. The highest BCUT2D eigenvalue weighted by Gasteiger charge is 2.30. The summed E-state index contributed by atoms with van der Waals surface area (Å²) in [6, 6.07) is 31.3. The van der Waals surface area contributed by atoms with Crippen LogP contribution in [0.15, 0.2) is 84.9 Å². The zero-order valence-electron chi connectivity index (χ0n) is 20.7. The molecule has 0 amide bonds. The first-order chi connectivity index (χ1) is 17.7. The fourth-order valence-corrected chi connectivity index (χ4v) is 8.41. The van der Waals surface area contributed by atoms with E-state index in [4.69, 9.17) is 0 Å². The molecule has 36 heavy (non-hydrogen) atoms. The molecule has 1 aliphatic rings. The molecular weight excluding hydrogens is 473 g/mol. The van der Waals surface area contributed by atoms with Gasteiger partial charge in [-0.1, -0.05) is 72.8 Å². The van der Waals surface area contributed by atoms with E-state index >= 15 is 0 Å². The van der Waals surface area contributed by atoms with Crippen LogP contribution in [0.4, 0.5) is 0 Å². The van der Waals surface area contributed by atoms with Gasteiger partial charge in [0.05, 0.1) is 0 Å². The van der Waals surface area contributed by atoms with Crippen molar-refractivity contribution < 1.29 is 0 Å². The highest BCUT2D eigenvalue weighted by Crippen LogP contribution is 2.57. The highest BCUT2D eigenvalue weighted by atomic mass is 32.1. The Bertz CT molecular complexity index is 1590. The second kappa shape index (κ2) is 8.73. The lowest BCUT2D eigenvalue weighted by Gasteiger charge is -2.26. The zero-order valence-corrected chi connectivity index (χ0v) is 22.4. The first-order valence-corrected chi connectivity index (χ1v) is 14.5. The number of hydrogen-bond donors (Lipinski definition) is 0. The third kappa shape index (κ3) is 3.47. The summed E-state index contributed by atoms with van der Waals surface area (Å²) in [5, 5.41) is 2.98. The third-order valence-electron chi connectivity index (χ3n) is 7.89. The van der Waals surface area contributed by atoms with Crippen LogP contribution in [0.3, 0.4) is 0 Å². The maximum Gasteiger partial charge on any atom is 0.0355 e.